The smallest absolute Gasteiger partial charge is 0.325 e. The number of aliphatic carboxylic acids is 1. The fourth-order valence-corrected chi connectivity index (χ4v) is 1.55. The molecule has 0 unspecified atom stereocenters. The first-order valence-corrected chi connectivity index (χ1v) is 5.80. The fraction of sp³-hybridized carbons (Fsp3) is 0.167. The second-order valence-electron chi connectivity index (χ2n) is 4.11. The van der Waals surface area contributed by atoms with Crippen molar-refractivity contribution in [3.63, 3.8) is 0 Å². The van der Waals surface area contributed by atoms with E-state index in [-0.39, 0.29) is 17.8 Å². The summed E-state index contributed by atoms with van der Waals surface area (Å²) in [6, 6.07) is 3.00. The van der Waals surface area contributed by atoms with Crippen LogP contribution in [0.5, 0.6) is 0 Å². The summed E-state index contributed by atoms with van der Waals surface area (Å²) >= 11 is 0. The van der Waals surface area contributed by atoms with Crippen LogP contribution in [0.4, 0.5) is 8.78 Å². The van der Waals surface area contributed by atoms with E-state index in [1.807, 2.05) is 0 Å². The van der Waals surface area contributed by atoms with Crippen LogP contribution in [-0.2, 0) is 17.9 Å². The second-order valence-corrected chi connectivity index (χ2v) is 4.11. The van der Waals surface area contributed by atoms with Gasteiger partial charge in [0.05, 0.1) is 6.20 Å². The van der Waals surface area contributed by atoms with E-state index in [2.05, 4.69) is 15.6 Å². The Kier molecular flexibility index (Phi) is 4.21. The minimum atomic E-state index is -1.12. The zero-order chi connectivity index (χ0) is 15.4. The molecule has 1 aromatic carbocycles. The van der Waals surface area contributed by atoms with Gasteiger partial charge in [-0.2, -0.15) is 0 Å². The summed E-state index contributed by atoms with van der Waals surface area (Å²) in [5.74, 6) is -3.25. The molecular weight excluding hydrogens is 286 g/mol. The van der Waals surface area contributed by atoms with Crippen LogP contribution in [0, 0.1) is 11.6 Å². The first-order valence-electron chi connectivity index (χ1n) is 5.80. The van der Waals surface area contributed by atoms with Crippen molar-refractivity contribution in [2.24, 2.45) is 0 Å². The van der Waals surface area contributed by atoms with Gasteiger partial charge >= 0.3 is 5.97 Å². The van der Waals surface area contributed by atoms with Crippen LogP contribution in [0.15, 0.2) is 24.4 Å². The number of hydrogen-bond donors (Lipinski definition) is 2. The summed E-state index contributed by atoms with van der Waals surface area (Å²) in [5, 5.41) is 17.9. The van der Waals surface area contributed by atoms with Crippen molar-refractivity contribution in [3.8, 4) is 0 Å². The predicted octanol–water partition coefficient (Wildman–Crippen LogP) is 0.571. The van der Waals surface area contributed by atoms with Crippen LogP contribution in [0.2, 0.25) is 0 Å². The van der Waals surface area contributed by atoms with Gasteiger partial charge in [0.2, 0.25) is 0 Å². The zero-order valence-electron chi connectivity index (χ0n) is 10.6. The van der Waals surface area contributed by atoms with Crippen LogP contribution in [0.3, 0.4) is 0 Å². The minimum Gasteiger partial charge on any atom is -0.480 e. The normalized spacial score (nSPS) is 10.4. The molecule has 0 spiro atoms. The summed E-state index contributed by atoms with van der Waals surface area (Å²) in [6.07, 6.45) is 1.16. The van der Waals surface area contributed by atoms with Crippen molar-refractivity contribution < 1.29 is 23.5 Å². The van der Waals surface area contributed by atoms with Crippen LogP contribution < -0.4 is 5.32 Å². The highest BCUT2D eigenvalue weighted by atomic mass is 19.1. The molecule has 0 atom stereocenters. The third kappa shape index (κ3) is 3.81. The van der Waals surface area contributed by atoms with E-state index in [0.717, 1.165) is 16.9 Å². The molecule has 0 saturated heterocycles. The molecule has 2 aromatic rings. The number of carbonyl (C=O) groups is 2. The Morgan fingerprint density at radius 1 is 1.33 bits per heavy atom. The monoisotopic (exact) mass is 296 g/mol. The highest BCUT2D eigenvalue weighted by Gasteiger charge is 2.12. The molecule has 0 aliphatic heterocycles. The first kappa shape index (κ1) is 14.6. The Balaban J connectivity index is 1.98. The van der Waals surface area contributed by atoms with Crippen LogP contribution >= 0.6 is 0 Å². The molecular formula is C12H10F2N4O3. The molecule has 1 heterocycles. The Labute approximate surface area is 117 Å². The van der Waals surface area contributed by atoms with E-state index in [1.54, 1.807) is 0 Å². The third-order valence-electron chi connectivity index (χ3n) is 2.52. The van der Waals surface area contributed by atoms with Crippen molar-refractivity contribution in [1.82, 2.24) is 20.3 Å². The van der Waals surface area contributed by atoms with Crippen molar-refractivity contribution in [1.29, 1.82) is 0 Å². The second kappa shape index (κ2) is 6.07. The molecule has 0 aliphatic rings. The highest BCUT2D eigenvalue weighted by Crippen LogP contribution is 2.09. The molecule has 9 heteroatoms. The highest BCUT2D eigenvalue weighted by molar-refractivity contribution is 5.91. The lowest BCUT2D eigenvalue weighted by Crippen LogP contribution is -2.23. The molecule has 7 nitrogen and oxygen atoms in total. The van der Waals surface area contributed by atoms with Gasteiger partial charge in [0.15, 0.2) is 5.69 Å². The van der Waals surface area contributed by atoms with Gasteiger partial charge in [0.1, 0.15) is 18.2 Å². The minimum absolute atomic E-state index is 0.0984. The van der Waals surface area contributed by atoms with E-state index in [0.29, 0.717) is 6.07 Å². The molecule has 0 saturated carbocycles. The van der Waals surface area contributed by atoms with E-state index in [4.69, 9.17) is 5.11 Å². The summed E-state index contributed by atoms with van der Waals surface area (Å²) < 4.78 is 27.1. The Bertz CT molecular complexity index is 687. The maximum Gasteiger partial charge on any atom is 0.325 e. The number of rotatable bonds is 5. The summed E-state index contributed by atoms with van der Waals surface area (Å²) in [7, 11) is 0. The summed E-state index contributed by atoms with van der Waals surface area (Å²) in [4.78, 5) is 22.2. The summed E-state index contributed by atoms with van der Waals surface area (Å²) in [6.45, 7) is -0.580. The van der Waals surface area contributed by atoms with Crippen LogP contribution in [0.1, 0.15) is 16.1 Å². The van der Waals surface area contributed by atoms with Gasteiger partial charge in [0, 0.05) is 18.2 Å². The molecule has 2 rings (SSSR count). The number of halogens is 2. The van der Waals surface area contributed by atoms with Crippen LogP contribution in [-0.4, -0.2) is 32.0 Å². The number of benzene rings is 1. The van der Waals surface area contributed by atoms with Crippen LogP contribution in [0.25, 0.3) is 0 Å². The van der Waals surface area contributed by atoms with E-state index < -0.39 is 30.1 Å². The van der Waals surface area contributed by atoms with Crippen molar-refractivity contribution in [2.75, 3.05) is 0 Å². The SMILES string of the molecule is O=C(O)Cn1cc(C(=O)NCc2ccc(F)cc2F)nn1. The van der Waals surface area contributed by atoms with Crippen molar-refractivity contribution in [2.45, 2.75) is 13.1 Å². The quantitative estimate of drug-likeness (QED) is 0.840. The molecule has 0 aliphatic carbocycles. The number of nitrogens with one attached hydrogen (secondary N) is 1. The number of carboxylic acid groups (broad SMARTS) is 1. The maximum absolute atomic E-state index is 13.4. The Morgan fingerprint density at radius 2 is 2.10 bits per heavy atom. The molecule has 110 valence electrons. The number of amides is 1. The van der Waals surface area contributed by atoms with Gasteiger partial charge in [-0.15, -0.1) is 5.10 Å². The van der Waals surface area contributed by atoms with E-state index in [1.165, 1.54) is 6.07 Å². The molecule has 1 aromatic heterocycles. The lowest BCUT2D eigenvalue weighted by molar-refractivity contribution is -0.137. The molecule has 2 N–H and O–H groups in total. The Hall–Kier alpha value is -2.84. The topological polar surface area (TPSA) is 97.1 Å². The molecule has 0 radical (unpaired) electrons. The number of carbonyl (C=O) groups excluding carboxylic acids is 1. The number of aromatic nitrogens is 3. The maximum atomic E-state index is 13.4. The number of carboxylic acids is 1. The molecule has 0 bridgehead atoms. The third-order valence-corrected chi connectivity index (χ3v) is 2.52. The molecule has 1 amide bonds. The fourth-order valence-electron chi connectivity index (χ4n) is 1.55. The predicted molar refractivity (Wildman–Crippen MR) is 65.2 cm³/mol. The van der Waals surface area contributed by atoms with Crippen molar-refractivity contribution in [3.05, 3.63) is 47.3 Å². The van der Waals surface area contributed by atoms with Gasteiger partial charge in [-0.05, 0) is 6.07 Å². The average Bonchev–Trinajstić information content (AvgIpc) is 2.85. The zero-order valence-corrected chi connectivity index (χ0v) is 10.6. The van der Waals surface area contributed by atoms with Crippen molar-refractivity contribution >= 4 is 11.9 Å². The van der Waals surface area contributed by atoms with Gasteiger partial charge < -0.3 is 10.4 Å². The molecule has 21 heavy (non-hydrogen) atoms. The molecule has 0 fully saturated rings. The van der Waals surface area contributed by atoms with Gasteiger partial charge in [-0.25, -0.2) is 13.5 Å². The van der Waals surface area contributed by atoms with Gasteiger partial charge in [-0.1, -0.05) is 11.3 Å². The van der Waals surface area contributed by atoms with E-state index in [9.17, 15) is 18.4 Å². The first-order chi connectivity index (χ1) is 9.95. The lowest BCUT2D eigenvalue weighted by atomic mass is 10.2. The Morgan fingerprint density at radius 3 is 2.76 bits per heavy atom. The van der Waals surface area contributed by atoms with Gasteiger partial charge in [-0.3, -0.25) is 9.59 Å². The summed E-state index contributed by atoms with van der Waals surface area (Å²) in [5.41, 5.74) is 0.0152. The van der Waals surface area contributed by atoms with E-state index >= 15 is 0 Å². The standard InChI is InChI=1S/C12H10F2N4O3/c13-8-2-1-7(9(14)3-8)4-15-12(21)10-5-18(17-16-10)6-11(19)20/h1-3,5H,4,6H2,(H,15,21)(H,19,20). The number of hydrogen-bond acceptors (Lipinski definition) is 4. The van der Waals surface area contributed by atoms with Gasteiger partial charge in [0.25, 0.3) is 5.91 Å². The average molecular weight is 296 g/mol. The lowest BCUT2D eigenvalue weighted by Gasteiger charge is -2.04. The largest absolute Gasteiger partial charge is 0.480 e. The number of nitrogens with zero attached hydrogens (tertiary/aromatic N) is 3.